The fourth-order valence-electron chi connectivity index (χ4n) is 3.25. The molecule has 0 bridgehead atoms. The smallest absolute Gasteiger partial charge is 0.259 e. The lowest BCUT2D eigenvalue weighted by Crippen LogP contribution is -2.40. The molecule has 1 N–H and O–H groups in total. The molecule has 0 spiro atoms. The average Bonchev–Trinajstić information content (AvgIpc) is 3.31. The zero-order chi connectivity index (χ0) is 17.2. The Morgan fingerprint density at radius 3 is 2.92 bits per heavy atom. The molecular weight excluding hydrogens is 320 g/mol. The first-order chi connectivity index (χ1) is 12.2. The molecule has 7 nitrogen and oxygen atoms in total. The minimum absolute atomic E-state index is 0.0325. The maximum atomic E-state index is 12.7. The van der Waals surface area contributed by atoms with Gasteiger partial charge < -0.3 is 14.3 Å². The molecule has 25 heavy (non-hydrogen) atoms. The minimum atomic E-state index is -0.0325. The topological polar surface area (TPSA) is 70.8 Å². The zero-order valence-electron chi connectivity index (χ0n) is 14.0. The summed E-state index contributed by atoms with van der Waals surface area (Å²) in [5, 5.41) is 5.55. The van der Waals surface area contributed by atoms with Gasteiger partial charge in [0, 0.05) is 19.0 Å². The Kier molecular flexibility index (Phi) is 4.15. The molecule has 1 unspecified atom stereocenters. The van der Waals surface area contributed by atoms with Crippen LogP contribution in [0.2, 0.25) is 0 Å². The summed E-state index contributed by atoms with van der Waals surface area (Å²) in [4.78, 5) is 20.2. The Hall–Kier alpha value is -2.80. The number of hydrogen-bond donors (Lipinski definition) is 1. The number of nitrogens with zero attached hydrogens (tertiary/aromatic N) is 3. The van der Waals surface area contributed by atoms with Gasteiger partial charge in [0.25, 0.3) is 5.91 Å². The van der Waals surface area contributed by atoms with Gasteiger partial charge in [-0.25, -0.2) is 5.01 Å². The van der Waals surface area contributed by atoms with Gasteiger partial charge in [0.15, 0.2) is 0 Å². The van der Waals surface area contributed by atoms with Crippen LogP contribution in [0.1, 0.15) is 29.0 Å². The van der Waals surface area contributed by atoms with Gasteiger partial charge in [-0.1, -0.05) is 28.9 Å². The van der Waals surface area contributed by atoms with Crippen molar-refractivity contribution in [3.8, 4) is 0 Å². The fourth-order valence-corrected chi connectivity index (χ4v) is 3.25. The van der Waals surface area contributed by atoms with Crippen LogP contribution in [0.5, 0.6) is 0 Å². The highest BCUT2D eigenvalue weighted by Crippen LogP contribution is 2.29. The molecule has 0 aliphatic carbocycles. The number of hydrogen-bond acceptors (Lipinski definition) is 6. The quantitative estimate of drug-likeness (QED) is 0.926. The lowest BCUT2D eigenvalue weighted by atomic mass is 9.95. The molecule has 3 heterocycles. The summed E-state index contributed by atoms with van der Waals surface area (Å²) in [7, 11) is 0. The number of rotatable bonds is 3. The second-order valence-electron chi connectivity index (χ2n) is 6.32. The Morgan fingerprint density at radius 1 is 1.32 bits per heavy atom. The number of nitrogens with one attached hydrogen (secondary N) is 1. The number of aromatic nitrogens is 1. The number of hydrazine groups is 1. The van der Waals surface area contributed by atoms with E-state index in [1.807, 2.05) is 46.4 Å². The van der Waals surface area contributed by atoms with E-state index in [0.717, 1.165) is 30.8 Å². The van der Waals surface area contributed by atoms with Crippen molar-refractivity contribution < 1.29 is 14.2 Å². The molecule has 1 aromatic carbocycles. The standard InChI is InChI=1S/C18H20N4O3/c1-13-16(10-19-24-13)18(23)21-9-5-6-14(11-21)17-12-22(20-25-17)15-7-3-2-4-8-15/h2-4,7-8,10,12,14,20H,5-6,9,11H2,1H3. The van der Waals surface area contributed by atoms with Crippen molar-refractivity contribution in [1.29, 1.82) is 0 Å². The second kappa shape index (κ2) is 6.60. The van der Waals surface area contributed by atoms with Crippen molar-refractivity contribution in [1.82, 2.24) is 15.6 Å². The summed E-state index contributed by atoms with van der Waals surface area (Å²) in [5.74, 6) is 1.54. The molecule has 1 fully saturated rings. The summed E-state index contributed by atoms with van der Waals surface area (Å²) in [6, 6.07) is 9.93. The first-order valence-corrected chi connectivity index (χ1v) is 8.41. The molecule has 1 amide bonds. The number of carbonyl (C=O) groups excluding carboxylic acids is 1. The monoisotopic (exact) mass is 340 g/mol. The largest absolute Gasteiger partial charge is 0.391 e. The van der Waals surface area contributed by atoms with Gasteiger partial charge in [0.2, 0.25) is 0 Å². The van der Waals surface area contributed by atoms with Gasteiger partial charge in [-0.2, -0.15) is 0 Å². The van der Waals surface area contributed by atoms with Crippen molar-refractivity contribution in [2.75, 3.05) is 18.1 Å². The van der Waals surface area contributed by atoms with E-state index in [-0.39, 0.29) is 11.8 Å². The number of piperidine rings is 1. The van der Waals surface area contributed by atoms with E-state index in [4.69, 9.17) is 9.36 Å². The van der Waals surface area contributed by atoms with E-state index >= 15 is 0 Å². The predicted octanol–water partition coefficient (Wildman–Crippen LogP) is 2.63. The molecule has 2 aromatic rings. The van der Waals surface area contributed by atoms with Gasteiger partial charge >= 0.3 is 0 Å². The molecule has 4 rings (SSSR count). The van der Waals surface area contributed by atoms with Crippen LogP contribution in [-0.4, -0.2) is 29.1 Å². The highest BCUT2D eigenvalue weighted by atomic mass is 16.7. The van der Waals surface area contributed by atoms with Crippen molar-refractivity contribution in [2.24, 2.45) is 5.92 Å². The number of carbonyl (C=O) groups is 1. The van der Waals surface area contributed by atoms with Gasteiger partial charge in [0.1, 0.15) is 17.1 Å². The lowest BCUT2D eigenvalue weighted by molar-refractivity contribution is 0.0576. The van der Waals surface area contributed by atoms with Crippen molar-refractivity contribution in [3.63, 3.8) is 0 Å². The van der Waals surface area contributed by atoms with Gasteiger partial charge in [-0.3, -0.25) is 4.79 Å². The molecule has 2 aliphatic heterocycles. The molecule has 0 saturated carbocycles. The second-order valence-corrected chi connectivity index (χ2v) is 6.32. The molecule has 0 radical (unpaired) electrons. The van der Waals surface area contributed by atoms with Crippen molar-refractivity contribution in [2.45, 2.75) is 19.8 Å². The minimum Gasteiger partial charge on any atom is -0.391 e. The number of aryl methyl sites for hydroxylation is 1. The molecular formula is C18H20N4O3. The van der Waals surface area contributed by atoms with E-state index in [1.54, 1.807) is 6.92 Å². The highest BCUT2D eigenvalue weighted by Gasteiger charge is 2.31. The predicted molar refractivity (Wildman–Crippen MR) is 91.1 cm³/mol. The van der Waals surface area contributed by atoms with Crippen molar-refractivity contribution in [3.05, 3.63) is 59.8 Å². The van der Waals surface area contributed by atoms with E-state index in [0.29, 0.717) is 17.9 Å². The number of likely N-dealkylation sites (tertiary alicyclic amines) is 1. The van der Waals surface area contributed by atoms with Crippen LogP contribution in [0.25, 0.3) is 0 Å². The van der Waals surface area contributed by atoms with E-state index in [9.17, 15) is 4.79 Å². The summed E-state index contributed by atoms with van der Waals surface area (Å²) >= 11 is 0. The normalized spacial score (nSPS) is 20.4. The van der Waals surface area contributed by atoms with E-state index in [1.165, 1.54) is 6.20 Å². The number of anilines is 1. The summed E-state index contributed by atoms with van der Waals surface area (Å²) in [6.45, 7) is 3.12. The van der Waals surface area contributed by atoms with Gasteiger partial charge in [-0.05, 0) is 31.9 Å². The third kappa shape index (κ3) is 3.10. The van der Waals surface area contributed by atoms with Crippen LogP contribution >= 0.6 is 0 Å². The Labute approximate surface area is 145 Å². The maximum absolute atomic E-state index is 12.7. The molecule has 2 aliphatic rings. The van der Waals surface area contributed by atoms with Crippen LogP contribution < -0.4 is 10.6 Å². The summed E-state index contributed by atoms with van der Waals surface area (Å²) < 4.78 is 5.02. The SMILES string of the molecule is Cc1oncc1C(=O)N1CCCC(C2=CN(c3ccccc3)NO2)C1. The van der Waals surface area contributed by atoms with Crippen LogP contribution in [0.4, 0.5) is 5.69 Å². The average molecular weight is 340 g/mol. The molecule has 1 aromatic heterocycles. The Morgan fingerprint density at radius 2 is 2.16 bits per heavy atom. The third-order valence-corrected chi connectivity index (χ3v) is 4.64. The third-order valence-electron chi connectivity index (χ3n) is 4.64. The Balaban J connectivity index is 1.47. The summed E-state index contributed by atoms with van der Waals surface area (Å²) in [6.07, 6.45) is 5.37. The van der Waals surface area contributed by atoms with Crippen LogP contribution in [0.3, 0.4) is 0 Å². The number of benzene rings is 1. The van der Waals surface area contributed by atoms with E-state index < -0.39 is 0 Å². The van der Waals surface area contributed by atoms with Crippen molar-refractivity contribution >= 4 is 11.6 Å². The van der Waals surface area contributed by atoms with Gasteiger partial charge in [-0.15, -0.1) is 0 Å². The first kappa shape index (κ1) is 15.7. The van der Waals surface area contributed by atoms with Crippen LogP contribution in [-0.2, 0) is 4.84 Å². The first-order valence-electron chi connectivity index (χ1n) is 8.41. The Bertz CT molecular complexity index is 787. The van der Waals surface area contributed by atoms with Gasteiger partial charge in [0.05, 0.1) is 18.1 Å². The van der Waals surface area contributed by atoms with Crippen LogP contribution in [0, 0.1) is 12.8 Å². The summed E-state index contributed by atoms with van der Waals surface area (Å²) in [5.41, 5.74) is 4.45. The zero-order valence-corrected chi connectivity index (χ0v) is 14.0. The molecule has 1 saturated heterocycles. The highest BCUT2D eigenvalue weighted by molar-refractivity contribution is 5.94. The lowest BCUT2D eigenvalue weighted by Gasteiger charge is -2.32. The number of para-hydroxylation sites is 1. The molecule has 7 heteroatoms. The molecule has 130 valence electrons. The number of amides is 1. The van der Waals surface area contributed by atoms with E-state index in [2.05, 4.69) is 10.7 Å². The fraction of sp³-hybridized carbons (Fsp3) is 0.333. The molecule has 1 atom stereocenters. The maximum Gasteiger partial charge on any atom is 0.259 e. The van der Waals surface area contributed by atoms with Crippen LogP contribution in [0.15, 0.2) is 53.0 Å².